The highest BCUT2D eigenvalue weighted by Crippen LogP contribution is 2.19. The van der Waals surface area contributed by atoms with E-state index in [9.17, 15) is 8.42 Å². The molecule has 0 bridgehead atoms. The fourth-order valence-corrected chi connectivity index (χ4v) is 2.02. The van der Waals surface area contributed by atoms with Gasteiger partial charge in [0.2, 0.25) is 0 Å². The molecule has 0 unspecified atom stereocenters. The molecule has 0 aliphatic heterocycles. The molecule has 15 heavy (non-hydrogen) atoms. The van der Waals surface area contributed by atoms with Crippen LogP contribution < -0.4 is 4.74 Å². The van der Waals surface area contributed by atoms with Crippen molar-refractivity contribution in [3.8, 4) is 11.8 Å². The molecule has 0 heterocycles. The van der Waals surface area contributed by atoms with Crippen LogP contribution in [-0.4, -0.2) is 21.8 Å². The zero-order valence-electron chi connectivity index (χ0n) is 8.52. The molecule has 1 aromatic rings. The molecule has 1 rings (SSSR count). The van der Waals surface area contributed by atoms with E-state index in [0.29, 0.717) is 16.9 Å². The maximum Gasteiger partial charge on any atom is 0.151 e. The Morgan fingerprint density at radius 3 is 2.60 bits per heavy atom. The van der Waals surface area contributed by atoms with Crippen LogP contribution in [0.2, 0.25) is 0 Å². The van der Waals surface area contributed by atoms with Crippen LogP contribution in [0.4, 0.5) is 0 Å². The smallest absolute Gasteiger partial charge is 0.151 e. The summed E-state index contributed by atoms with van der Waals surface area (Å²) in [5.74, 6) is 0.390. The molecule has 1 aromatic carbocycles. The lowest BCUT2D eigenvalue weighted by Gasteiger charge is -2.04. The quantitative estimate of drug-likeness (QED) is 0.772. The fourth-order valence-electron chi connectivity index (χ4n) is 1.24. The van der Waals surface area contributed by atoms with Crippen molar-refractivity contribution in [2.75, 3.05) is 13.4 Å². The average molecular weight is 225 g/mol. The van der Waals surface area contributed by atoms with Gasteiger partial charge in [-0.05, 0) is 17.7 Å². The Kier molecular flexibility index (Phi) is 3.32. The second kappa shape index (κ2) is 4.32. The number of nitriles is 1. The van der Waals surface area contributed by atoms with Crippen LogP contribution in [0, 0.1) is 11.3 Å². The maximum absolute atomic E-state index is 11.0. The van der Waals surface area contributed by atoms with Gasteiger partial charge < -0.3 is 4.74 Å². The molecule has 0 saturated carbocycles. The molecule has 0 fully saturated rings. The number of benzene rings is 1. The highest BCUT2D eigenvalue weighted by atomic mass is 32.2. The van der Waals surface area contributed by atoms with Crippen LogP contribution in [0.3, 0.4) is 0 Å². The highest BCUT2D eigenvalue weighted by Gasteiger charge is 2.08. The Labute approximate surface area is 89.0 Å². The minimum atomic E-state index is -3.07. The molecule has 0 saturated heterocycles. The lowest BCUT2D eigenvalue weighted by molar-refractivity contribution is 0.413. The van der Waals surface area contributed by atoms with Gasteiger partial charge in [-0.3, -0.25) is 0 Å². The summed E-state index contributed by atoms with van der Waals surface area (Å²) in [7, 11) is -1.61. The molecule has 4 nitrogen and oxygen atoms in total. The Balaban J connectivity index is 3.10. The molecule has 0 aliphatic rings. The Hall–Kier alpha value is -1.54. The number of ether oxygens (including phenoxy) is 1. The minimum absolute atomic E-state index is 0.0638. The van der Waals surface area contributed by atoms with Crippen molar-refractivity contribution < 1.29 is 13.2 Å². The Morgan fingerprint density at radius 2 is 2.13 bits per heavy atom. The van der Waals surface area contributed by atoms with Gasteiger partial charge in [0.25, 0.3) is 0 Å². The average Bonchev–Trinajstić information content (AvgIpc) is 2.15. The van der Waals surface area contributed by atoms with E-state index in [2.05, 4.69) is 0 Å². The van der Waals surface area contributed by atoms with E-state index in [-0.39, 0.29) is 5.75 Å². The summed E-state index contributed by atoms with van der Waals surface area (Å²) in [5, 5.41) is 8.79. The second-order valence-corrected chi connectivity index (χ2v) is 5.36. The summed E-state index contributed by atoms with van der Waals surface area (Å²) >= 11 is 0. The van der Waals surface area contributed by atoms with E-state index in [0.717, 1.165) is 6.26 Å². The van der Waals surface area contributed by atoms with Crippen molar-refractivity contribution >= 4 is 9.84 Å². The first-order chi connectivity index (χ1) is 6.96. The summed E-state index contributed by atoms with van der Waals surface area (Å²) in [6.45, 7) is 0. The molecule has 0 atom stereocenters. The van der Waals surface area contributed by atoms with Crippen LogP contribution in [0.1, 0.15) is 11.1 Å². The van der Waals surface area contributed by atoms with E-state index in [1.54, 1.807) is 12.1 Å². The van der Waals surface area contributed by atoms with Gasteiger partial charge in [0.05, 0.1) is 18.4 Å². The number of sulfone groups is 1. The van der Waals surface area contributed by atoms with Gasteiger partial charge in [-0.1, -0.05) is 6.07 Å². The highest BCUT2D eigenvalue weighted by molar-refractivity contribution is 7.89. The zero-order chi connectivity index (χ0) is 11.5. The Bertz CT molecular complexity index is 500. The van der Waals surface area contributed by atoms with Crippen LogP contribution in [0.25, 0.3) is 0 Å². The normalized spacial score (nSPS) is 10.7. The van der Waals surface area contributed by atoms with Crippen molar-refractivity contribution in [3.63, 3.8) is 0 Å². The van der Waals surface area contributed by atoms with Crippen LogP contribution in [0.5, 0.6) is 5.75 Å². The van der Waals surface area contributed by atoms with Gasteiger partial charge in [-0.2, -0.15) is 5.26 Å². The fraction of sp³-hybridized carbons (Fsp3) is 0.300. The van der Waals surface area contributed by atoms with Crippen molar-refractivity contribution in [3.05, 3.63) is 29.3 Å². The van der Waals surface area contributed by atoms with Crippen LogP contribution in [0.15, 0.2) is 18.2 Å². The lowest BCUT2D eigenvalue weighted by atomic mass is 10.1. The van der Waals surface area contributed by atoms with Crippen molar-refractivity contribution in [2.45, 2.75) is 5.75 Å². The van der Waals surface area contributed by atoms with E-state index in [1.165, 1.54) is 13.2 Å². The molecule has 0 aromatic heterocycles. The molecule has 0 spiro atoms. The third kappa shape index (κ3) is 3.26. The van der Waals surface area contributed by atoms with Crippen LogP contribution >= 0.6 is 0 Å². The third-order valence-corrected chi connectivity index (χ3v) is 2.67. The number of hydrogen-bond acceptors (Lipinski definition) is 4. The van der Waals surface area contributed by atoms with Crippen molar-refractivity contribution in [1.29, 1.82) is 5.26 Å². The molecule has 80 valence electrons. The summed E-state index contributed by atoms with van der Waals surface area (Å²) in [6, 6.07) is 6.72. The Morgan fingerprint density at radius 1 is 1.47 bits per heavy atom. The molecular formula is C10H11NO3S. The number of hydrogen-bond donors (Lipinski definition) is 0. The SMILES string of the molecule is COc1ccc(CS(C)(=O)=O)cc1C#N. The molecule has 5 heteroatoms. The monoisotopic (exact) mass is 225 g/mol. The number of nitrogens with zero attached hydrogens (tertiary/aromatic N) is 1. The van der Waals surface area contributed by atoms with Crippen LogP contribution in [-0.2, 0) is 15.6 Å². The minimum Gasteiger partial charge on any atom is -0.495 e. The van der Waals surface area contributed by atoms with Crippen molar-refractivity contribution in [1.82, 2.24) is 0 Å². The molecule has 0 amide bonds. The topological polar surface area (TPSA) is 67.2 Å². The molecular weight excluding hydrogens is 214 g/mol. The van der Waals surface area contributed by atoms with E-state index in [4.69, 9.17) is 10.00 Å². The van der Waals surface area contributed by atoms with Gasteiger partial charge in [0.15, 0.2) is 9.84 Å². The molecule has 0 radical (unpaired) electrons. The largest absolute Gasteiger partial charge is 0.495 e. The first kappa shape index (κ1) is 11.5. The first-order valence-corrected chi connectivity index (χ1v) is 6.27. The summed E-state index contributed by atoms with van der Waals surface area (Å²) < 4.78 is 27.0. The van der Waals surface area contributed by atoms with Gasteiger partial charge in [-0.25, -0.2) is 8.42 Å². The molecule has 0 aliphatic carbocycles. The third-order valence-electron chi connectivity index (χ3n) is 1.81. The van der Waals surface area contributed by atoms with E-state index >= 15 is 0 Å². The first-order valence-electron chi connectivity index (χ1n) is 4.21. The van der Waals surface area contributed by atoms with Gasteiger partial charge >= 0.3 is 0 Å². The van der Waals surface area contributed by atoms with E-state index in [1.807, 2.05) is 6.07 Å². The predicted octanol–water partition coefficient (Wildman–Crippen LogP) is 1.11. The summed E-state index contributed by atoms with van der Waals surface area (Å²) in [6.07, 6.45) is 1.16. The van der Waals surface area contributed by atoms with Gasteiger partial charge in [0, 0.05) is 6.26 Å². The van der Waals surface area contributed by atoms with Gasteiger partial charge in [-0.15, -0.1) is 0 Å². The summed E-state index contributed by atoms with van der Waals surface area (Å²) in [4.78, 5) is 0. The predicted molar refractivity (Wildman–Crippen MR) is 56.3 cm³/mol. The maximum atomic E-state index is 11.0. The van der Waals surface area contributed by atoms with Crippen molar-refractivity contribution in [2.24, 2.45) is 0 Å². The standard InChI is InChI=1S/C10H11NO3S/c1-14-10-4-3-8(5-9(10)6-11)7-15(2,12)13/h3-5H,7H2,1-2H3. The van der Waals surface area contributed by atoms with E-state index < -0.39 is 9.84 Å². The number of methoxy groups -OCH3 is 1. The second-order valence-electron chi connectivity index (χ2n) is 3.22. The molecule has 0 N–H and O–H groups in total. The number of rotatable bonds is 3. The zero-order valence-corrected chi connectivity index (χ0v) is 9.34. The lowest BCUT2D eigenvalue weighted by Crippen LogP contribution is -2.01. The summed E-state index contributed by atoms with van der Waals surface area (Å²) in [5.41, 5.74) is 0.938. The van der Waals surface area contributed by atoms with Gasteiger partial charge in [0.1, 0.15) is 11.8 Å².